The highest BCUT2D eigenvalue weighted by atomic mass is 16.3. The van der Waals surface area contributed by atoms with E-state index >= 15 is 0 Å². The fraction of sp³-hybridized carbons (Fsp3) is 0.920. The van der Waals surface area contributed by atoms with Crippen LogP contribution in [0.4, 0.5) is 0 Å². The van der Waals surface area contributed by atoms with Crippen molar-refractivity contribution in [2.75, 3.05) is 0 Å². The predicted molar refractivity (Wildman–Crippen MR) is 119 cm³/mol. The second kappa shape index (κ2) is 7.25. The number of hydrogen-bond acceptors (Lipinski definition) is 5. The summed E-state index contributed by atoms with van der Waals surface area (Å²) in [6, 6.07) is 0.189. The van der Waals surface area contributed by atoms with E-state index in [1.54, 1.807) is 0 Å². The molecule has 0 unspecified atom stereocenters. The average Bonchev–Trinajstić information content (AvgIpc) is 3.43. The van der Waals surface area contributed by atoms with Gasteiger partial charge in [-0.05, 0) is 123 Å². The molecule has 1 aromatic heterocycles. The summed E-state index contributed by atoms with van der Waals surface area (Å²) in [7, 11) is 0. The molecule has 5 aliphatic rings. The van der Waals surface area contributed by atoms with Crippen LogP contribution in [-0.2, 0) is 11.3 Å². The van der Waals surface area contributed by atoms with Crippen LogP contribution in [0.15, 0.2) is 4.79 Å². The first-order valence-corrected chi connectivity index (χ1v) is 13.0. The largest absolute Gasteiger partial charge is 0.390 e. The van der Waals surface area contributed by atoms with Gasteiger partial charge in [0, 0.05) is 5.92 Å². The minimum atomic E-state index is -0.471. The molecular weight excluding hydrogens is 404 g/mol. The van der Waals surface area contributed by atoms with Crippen LogP contribution in [-0.4, -0.2) is 36.3 Å². The Balaban J connectivity index is 1.17. The van der Waals surface area contributed by atoms with Gasteiger partial charge in [-0.3, -0.25) is 4.79 Å². The lowest BCUT2D eigenvalue weighted by molar-refractivity contribution is -0.133. The number of hydrogen-bond donors (Lipinski definition) is 1. The molecule has 0 radical (unpaired) electrons. The van der Waals surface area contributed by atoms with E-state index < -0.39 is 5.60 Å². The summed E-state index contributed by atoms with van der Waals surface area (Å²) in [4.78, 5) is 26.0. The van der Waals surface area contributed by atoms with Gasteiger partial charge in [0.05, 0.1) is 11.6 Å². The molecule has 5 aliphatic carbocycles. The standard InChI is InChI=1S/C25H38N4O3/c1-24(32)11-9-17-15(13-24)3-6-19-18(17)10-12-25(2)20(19)7-8-21(25)22(30)14-28-23(31)29(27-26-28)16-4-5-16/h15-21,32H,3-14H2,1-2H3/t15-,17+,18-,19-,20+,21-,24-,25+/m1/s1. The van der Waals surface area contributed by atoms with Gasteiger partial charge in [-0.1, -0.05) is 6.92 Å². The van der Waals surface area contributed by atoms with Crippen LogP contribution in [0.2, 0.25) is 0 Å². The number of tetrazole rings is 1. The van der Waals surface area contributed by atoms with E-state index in [9.17, 15) is 14.7 Å². The number of nitrogens with zero attached hydrogens (tertiary/aromatic N) is 4. The van der Waals surface area contributed by atoms with Gasteiger partial charge >= 0.3 is 5.69 Å². The quantitative estimate of drug-likeness (QED) is 0.772. The molecular formula is C25H38N4O3. The second-order valence-corrected chi connectivity index (χ2v) is 12.4. The Morgan fingerprint density at radius 2 is 1.75 bits per heavy atom. The van der Waals surface area contributed by atoms with Gasteiger partial charge in [-0.25, -0.2) is 4.79 Å². The van der Waals surface area contributed by atoms with Crippen molar-refractivity contribution in [3.05, 3.63) is 10.5 Å². The summed E-state index contributed by atoms with van der Waals surface area (Å²) in [5.74, 6) is 3.80. The highest BCUT2D eigenvalue weighted by molar-refractivity contribution is 5.82. The van der Waals surface area contributed by atoms with Crippen LogP contribution in [0.1, 0.15) is 90.5 Å². The first-order chi connectivity index (χ1) is 15.3. The minimum absolute atomic E-state index is 0.0382. The molecule has 6 rings (SSSR count). The fourth-order valence-corrected chi connectivity index (χ4v) is 8.80. The van der Waals surface area contributed by atoms with Crippen LogP contribution < -0.4 is 5.69 Å². The SMILES string of the molecule is C[C@@]1(O)CC[C@H]2[C@H](CC[C@@H]3[C@@H]2CC[C@]2(C)[C@@H](C(=O)Cn4nnn(C5CC5)c4=O)CC[C@@H]32)C1. The Bertz CT molecular complexity index is 963. The number of aromatic nitrogens is 4. The number of aliphatic hydroxyl groups is 1. The first kappa shape index (κ1) is 21.1. The second-order valence-electron chi connectivity index (χ2n) is 12.4. The van der Waals surface area contributed by atoms with Crippen LogP contribution >= 0.6 is 0 Å². The number of carbonyl (C=O) groups excluding carboxylic acids is 1. The van der Waals surface area contributed by atoms with Crippen molar-refractivity contribution in [3.63, 3.8) is 0 Å². The summed E-state index contributed by atoms with van der Waals surface area (Å²) in [6.45, 7) is 4.46. The maximum Gasteiger partial charge on any atom is 0.364 e. The van der Waals surface area contributed by atoms with Gasteiger partial charge in [-0.2, -0.15) is 9.36 Å². The molecule has 5 saturated carbocycles. The summed E-state index contributed by atoms with van der Waals surface area (Å²) in [5, 5.41) is 18.6. The molecule has 0 aliphatic heterocycles. The normalized spacial score (nSPS) is 45.7. The molecule has 32 heavy (non-hydrogen) atoms. The van der Waals surface area contributed by atoms with Crippen molar-refractivity contribution < 1.29 is 9.90 Å². The Labute approximate surface area is 189 Å². The monoisotopic (exact) mass is 442 g/mol. The van der Waals surface area contributed by atoms with Crippen molar-refractivity contribution in [1.82, 2.24) is 19.8 Å². The fourth-order valence-electron chi connectivity index (χ4n) is 8.80. The topological polar surface area (TPSA) is 90.0 Å². The lowest BCUT2D eigenvalue weighted by Crippen LogP contribution is -2.51. The van der Waals surface area contributed by atoms with Crippen molar-refractivity contribution >= 4 is 5.78 Å². The molecule has 7 heteroatoms. The van der Waals surface area contributed by atoms with Crippen LogP contribution in [0.25, 0.3) is 0 Å². The number of ketones is 1. The first-order valence-electron chi connectivity index (χ1n) is 13.0. The Morgan fingerprint density at radius 1 is 0.969 bits per heavy atom. The average molecular weight is 443 g/mol. The molecule has 7 nitrogen and oxygen atoms in total. The van der Waals surface area contributed by atoms with Gasteiger partial charge in [0.25, 0.3) is 0 Å². The molecule has 1 aromatic rings. The summed E-state index contributed by atoms with van der Waals surface area (Å²) in [6.07, 6.45) is 12.0. The number of rotatable bonds is 4. The third-order valence-electron chi connectivity index (χ3n) is 10.5. The lowest BCUT2D eigenvalue weighted by atomic mass is 9.49. The molecule has 1 heterocycles. The van der Waals surface area contributed by atoms with E-state index in [4.69, 9.17) is 0 Å². The molecule has 0 saturated heterocycles. The van der Waals surface area contributed by atoms with E-state index in [1.807, 2.05) is 6.92 Å². The third-order valence-corrected chi connectivity index (χ3v) is 10.5. The summed E-state index contributed by atoms with van der Waals surface area (Å²) >= 11 is 0. The Kier molecular flexibility index (Phi) is 4.77. The molecule has 0 spiro atoms. The van der Waals surface area contributed by atoms with Gasteiger partial charge in [0.15, 0.2) is 5.78 Å². The van der Waals surface area contributed by atoms with Gasteiger partial charge in [0.1, 0.15) is 6.54 Å². The van der Waals surface area contributed by atoms with Crippen LogP contribution in [0.5, 0.6) is 0 Å². The molecule has 0 amide bonds. The van der Waals surface area contributed by atoms with Crippen molar-refractivity contribution in [1.29, 1.82) is 0 Å². The van der Waals surface area contributed by atoms with Crippen LogP contribution in [0.3, 0.4) is 0 Å². The lowest BCUT2D eigenvalue weighted by Gasteiger charge is -2.56. The number of fused-ring (bicyclic) bond motifs is 5. The highest BCUT2D eigenvalue weighted by Crippen LogP contribution is 2.64. The zero-order valence-electron chi connectivity index (χ0n) is 19.6. The smallest absolute Gasteiger partial charge is 0.364 e. The third kappa shape index (κ3) is 3.24. The van der Waals surface area contributed by atoms with Gasteiger partial charge < -0.3 is 5.11 Å². The molecule has 1 N–H and O–H groups in total. The molecule has 0 aromatic carbocycles. The molecule has 5 fully saturated rings. The maximum absolute atomic E-state index is 13.4. The zero-order chi connectivity index (χ0) is 22.3. The van der Waals surface area contributed by atoms with E-state index in [0.29, 0.717) is 11.8 Å². The van der Waals surface area contributed by atoms with Gasteiger partial charge in [-0.15, -0.1) is 0 Å². The van der Waals surface area contributed by atoms with E-state index in [2.05, 4.69) is 17.4 Å². The minimum Gasteiger partial charge on any atom is -0.390 e. The molecule has 8 atom stereocenters. The zero-order valence-corrected chi connectivity index (χ0v) is 19.6. The van der Waals surface area contributed by atoms with Gasteiger partial charge in [0.2, 0.25) is 0 Å². The maximum atomic E-state index is 13.4. The van der Waals surface area contributed by atoms with E-state index in [-0.39, 0.29) is 35.4 Å². The summed E-state index contributed by atoms with van der Waals surface area (Å²) < 4.78 is 2.75. The number of carbonyl (C=O) groups is 1. The highest BCUT2D eigenvalue weighted by Gasteiger charge is 2.58. The molecule has 0 bridgehead atoms. The summed E-state index contributed by atoms with van der Waals surface area (Å²) in [5.41, 5.74) is -0.640. The number of Topliss-reactive ketones (excluding diaryl/α,β-unsaturated/α-hetero) is 1. The van der Waals surface area contributed by atoms with Crippen molar-refractivity contribution in [2.45, 2.75) is 103 Å². The van der Waals surface area contributed by atoms with Crippen molar-refractivity contribution in [3.8, 4) is 0 Å². The molecule has 176 valence electrons. The van der Waals surface area contributed by atoms with Crippen molar-refractivity contribution in [2.24, 2.45) is 40.9 Å². The predicted octanol–water partition coefficient (Wildman–Crippen LogP) is 3.36. The van der Waals surface area contributed by atoms with E-state index in [1.165, 1.54) is 35.0 Å². The van der Waals surface area contributed by atoms with Crippen LogP contribution in [0, 0.1) is 40.9 Å². The Morgan fingerprint density at radius 3 is 2.53 bits per heavy atom. The van der Waals surface area contributed by atoms with E-state index in [0.717, 1.165) is 62.7 Å². The Hall–Kier alpha value is -1.50.